The first-order valence-electron chi connectivity index (χ1n) is 13.9. The Hall–Kier alpha value is -2.29. The molecule has 0 aliphatic heterocycles. The number of hydrogen-bond donors (Lipinski definition) is 0. The van der Waals surface area contributed by atoms with Crippen LogP contribution in [0.25, 0.3) is 11.0 Å². The molecule has 0 saturated heterocycles. The number of unbranched alkanes of at least 4 members (excludes halogenated alkanes) is 13. The van der Waals surface area contributed by atoms with Gasteiger partial charge in [0.2, 0.25) is 0 Å². The minimum absolute atomic E-state index is 0.510. The summed E-state index contributed by atoms with van der Waals surface area (Å²) in [6.07, 6.45) is 19.4. The van der Waals surface area contributed by atoms with E-state index < -0.39 is 0 Å². The molecule has 0 amide bonds. The summed E-state index contributed by atoms with van der Waals surface area (Å²) in [6.45, 7) is 5.92. The fourth-order valence-corrected chi connectivity index (χ4v) is 4.73. The lowest BCUT2D eigenvalue weighted by molar-refractivity contribution is 0.289. The van der Waals surface area contributed by atoms with Crippen LogP contribution in [0.5, 0.6) is 5.75 Å². The van der Waals surface area contributed by atoms with E-state index in [1.807, 2.05) is 12.1 Å². The number of imidazole rings is 1. The van der Waals surface area contributed by atoms with Gasteiger partial charge in [0.05, 0.1) is 11.0 Å². The number of hydrogen-bond acceptors (Lipinski definition) is 2. The first-order chi connectivity index (χ1) is 16.8. The molecular weight excluding hydrogens is 416 g/mol. The van der Waals surface area contributed by atoms with E-state index in [0.29, 0.717) is 6.61 Å². The Balaban J connectivity index is 1.33. The Morgan fingerprint density at radius 2 is 1.24 bits per heavy atom. The van der Waals surface area contributed by atoms with E-state index in [2.05, 4.69) is 54.8 Å². The Kier molecular flexibility index (Phi) is 12.1. The van der Waals surface area contributed by atoms with E-state index in [4.69, 9.17) is 9.72 Å². The summed E-state index contributed by atoms with van der Waals surface area (Å²) in [6, 6.07) is 16.7. The van der Waals surface area contributed by atoms with Crippen LogP contribution in [0.1, 0.15) is 108 Å². The Morgan fingerprint density at radius 3 is 1.85 bits per heavy atom. The standard InChI is InChI=1S/C31H46N2O/c1-3-4-5-6-7-8-9-10-11-12-13-14-15-18-25-33-30-20-17-16-19-29(30)32-31(33)26-34-28-23-21-27(2)22-24-28/h16-17,19-24H,3-15,18,25-26H2,1-2H3. The fourth-order valence-electron chi connectivity index (χ4n) is 4.73. The van der Waals surface area contributed by atoms with Crippen molar-refractivity contribution in [3.63, 3.8) is 0 Å². The molecule has 0 atom stereocenters. The number of aryl methyl sites for hydroxylation is 2. The molecule has 186 valence electrons. The van der Waals surface area contributed by atoms with Crippen molar-refractivity contribution >= 4 is 11.0 Å². The molecule has 2 aromatic carbocycles. The van der Waals surface area contributed by atoms with Crippen molar-refractivity contribution in [2.24, 2.45) is 0 Å². The van der Waals surface area contributed by atoms with Gasteiger partial charge in [0, 0.05) is 6.54 Å². The largest absolute Gasteiger partial charge is 0.486 e. The molecule has 1 aromatic heterocycles. The zero-order valence-electron chi connectivity index (χ0n) is 21.7. The normalized spacial score (nSPS) is 11.4. The van der Waals surface area contributed by atoms with Gasteiger partial charge in [0.15, 0.2) is 0 Å². The highest BCUT2D eigenvalue weighted by Gasteiger charge is 2.11. The molecule has 3 aromatic rings. The molecule has 3 rings (SSSR count). The predicted octanol–water partition coefficient (Wildman–Crippen LogP) is 9.41. The second-order valence-corrected chi connectivity index (χ2v) is 9.87. The van der Waals surface area contributed by atoms with Crippen molar-refractivity contribution in [2.75, 3.05) is 0 Å². The van der Waals surface area contributed by atoms with Crippen molar-refractivity contribution < 1.29 is 4.74 Å². The lowest BCUT2D eigenvalue weighted by atomic mass is 10.0. The highest BCUT2D eigenvalue weighted by Crippen LogP contribution is 2.20. The van der Waals surface area contributed by atoms with Crippen LogP contribution in [-0.4, -0.2) is 9.55 Å². The zero-order chi connectivity index (χ0) is 23.8. The Labute approximate surface area is 207 Å². The number of nitrogens with zero attached hydrogens (tertiary/aromatic N) is 2. The van der Waals surface area contributed by atoms with E-state index in [-0.39, 0.29) is 0 Å². The number of para-hydroxylation sites is 2. The van der Waals surface area contributed by atoms with Crippen LogP contribution in [-0.2, 0) is 13.2 Å². The quantitative estimate of drug-likeness (QED) is 0.176. The summed E-state index contributed by atoms with van der Waals surface area (Å²) in [4.78, 5) is 4.87. The van der Waals surface area contributed by atoms with Crippen LogP contribution in [0.3, 0.4) is 0 Å². The predicted molar refractivity (Wildman–Crippen MR) is 146 cm³/mol. The van der Waals surface area contributed by atoms with Gasteiger partial charge in [-0.3, -0.25) is 0 Å². The molecule has 0 radical (unpaired) electrons. The molecule has 0 fully saturated rings. The lowest BCUT2D eigenvalue weighted by Gasteiger charge is -2.11. The first-order valence-corrected chi connectivity index (χ1v) is 13.9. The van der Waals surface area contributed by atoms with Crippen LogP contribution >= 0.6 is 0 Å². The summed E-state index contributed by atoms with van der Waals surface area (Å²) < 4.78 is 8.42. The Bertz CT molecular complexity index is 928. The minimum Gasteiger partial charge on any atom is -0.486 e. The van der Waals surface area contributed by atoms with Gasteiger partial charge in [-0.15, -0.1) is 0 Å². The van der Waals surface area contributed by atoms with Gasteiger partial charge < -0.3 is 9.30 Å². The van der Waals surface area contributed by atoms with Gasteiger partial charge in [-0.2, -0.15) is 0 Å². The maximum absolute atomic E-state index is 6.06. The van der Waals surface area contributed by atoms with Crippen molar-refractivity contribution in [1.82, 2.24) is 9.55 Å². The van der Waals surface area contributed by atoms with Gasteiger partial charge in [-0.25, -0.2) is 4.98 Å². The third-order valence-electron chi connectivity index (χ3n) is 6.86. The average Bonchev–Trinajstić information content (AvgIpc) is 3.21. The summed E-state index contributed by atoms with van der Waals surface area (Å²) in [5.41, 5.74) is 3.53. The molecule has 3 nitrogen and oxygen atoms in total. The number of fused-ring (bicyclic) bond motifs is 1. The van der Waals surface area contributed by atoms with Crippen molar-refractivity contribution in [3.05, 3.63) is 59.9 Å². The molecule has 0 aliphatic carbocycles. The van der Waals surface area contributed by atoms with Crippen molar-refractivity contribution in [1.29, 1.82) is 0 Å². The van der Waals surface area contributed by atoms with Crippen LogP contribution in [0.2, 0.25) is 0 Å². The molecular formula is C31H46N2O. The summed E-state index contributed by atoms with van der Waals surface area (Å²) in [7, 11) is 0. The number of aromatic nitrogens is 2. The van der Waals surface area contributed by atoms with Crippen LogP contribution in [0.15, 0.2) is 48.5 Å². The lowest BCUT2D eigenvalue weighted by Crippen LogP contribution is -2.07. The molecule has 34 heavy (non-hydrogen) atoms. The maximum atomic E-state index is 6.06. The van der Waals surface area contributed by atoms with Gasteiger partial charge in [0.25, 0.3) is 0 Å². The van der Waals surface area contributed by atoms with E-state index in [9.17, 15) is 0 Å². The monoisotopic (exact) mass is 462 g/mol. The average molecular weight is 463 g/mol. The zero-order valence-corrected chi connectivity index (χ0v) is 21.7. The van der Waals surface area contributed by atoms with Crippen LogP contribution in [0, 0.1) is 6.92 Å². The number of ether oxygens (including phenoxy) is 1. The van der Waals surface area contributed by atoms with E-state index in [0.717, 1.165) is 23.6 Å². The highest BCUT2D eigenvalue weighted by molar-refractivity contribution is 5.75. The fraction of sp³-hybridized carbons (Fsp3) is 0.581. The van der Waals surface area contributed by atoms with Gasteiger partial charge in [-0.05, 0) is 37.6 Å². The summed E-state index contributed by atoms with van der Waals surface area (Å²) in [5.74, 6) is 1.93. The third-order valence-corrected chi connectivity index (χ3v) is 6.86. The van der Waals surface area contributed by atoms with Crippen LogP contribution < -0.4 is 4.74 Å². The van der Waals surface area contributed by atoms with Crippen molar-refractivity contribution in [3.8, 4) is 5.75 Å². The van der Waals surface area contributed by atoms with Crippen LogP contribution in [0.4, 0.5) is 0 Å². The molecule has 3 heteroatoms. The molecule has 0 bridgehead atoms. The highest BCUT2D eigenvalue weighted by atomic mass is 16.5. The first kappa shape index (κ1) is 26.3. The summed E-state index contributed by atoms with van der Waals surface area (Å²) >= 11 is 0. The SMILES string of the molecule is CCCCCCCCCCCCCCCCn1c(COc2ccc(C)cc2)nc2ccccc21. The molecule has 1 heterocycles. The molecule has 0 spiro atoms. The molecule has 0 unspecified atom stereocenters. The Morgan fingerprint density at radius 1 is 0.676 bits per heavy atom. The van der Waals surface area contributed by atoms with Gasteiger partial charge >= 0.3 is 0 Å². The second kappa shape index (κ2) is 15.6. The third kappa shape index (κ3) is 9.16. The van der Waals surface area contributed by atoms with E-state index in [1.54, 1.807) is 0 Å². The number of benzene rings is 2. The molecule has 0 N–H and O–H groups in total. The number of rotatable bonds is 18. The minimum atomic E-state index is 0.510. The topological polar surface area (TPSA) is 27.1 Å². The van der Waals surface area contributed by atoms with Gasteiger partial charge in [-0.1, -0.05) is 120 Å². The molecule has 0 saturated carbocycles. The van der Waals surface area contributed by atoms with Gasteiger partial charge in [0.1, 0.15) is 18.2 Å². The molecule has 0 aliphatic rings. The summed E-state index contributed by atoms with van der Waals surface area (Å²) in [5, 5.41) is 0. The maximum Gasteiger partial charge on any atom is 0.147 e. The van der Waals surface area contributed by atoms with Crippen molar-refractivity contribution in [2.45, 2.75) is 117 Å². The van der Waals surface area contributed by atoms with E-state index >= 15 is 0 Å². The van der Waals surface area contributed by atoms with E-state index in [1.165, 1.54) is 101 Å². The second-order valence-electron chi connectivity index (χ2n) is 9.87. The smallest absolute Gasteiger partial charge is 0.147 e.